The smallest absolute Gasteiger partial charge is 0.227 e. The van der Waals surface area contributed by atoms with Gasteiger partial charge in [-0.05, 0) is 26.0 Å². The van der Waals surface area contributed by atoms with Crippen LogP contribution in [0.2, 0.25) is 0 Å². The van der Waals surface area contributed by atoms with E-state index >= 15 is 0 Å². The number of amides is 1. The first-order chi connectivity index (χ1) is 8.61. The van der Waals surface area contributed by atoms with Gasteiger partial charge in [0.05, 0.1) is 11.8 Å². The Bertz CT molecular complexity index is 431. The molecule has 2 rings (SSSR count). The molecule has 4 heteroatoms. The van der Waals surface area contributed by atoms with Crippen LogP contribution in [0.1, 0.15) is 20.3 Å². The van der Waals surface area contributed by atoms with E-state index in [2.05, 4.69) is 0 Å². The fraction of sp³-hybridized carbons (Fsp3) is 0.500. The van der Waals surface area contributed by atoms with Crippen molar-refractivity contribution < 1.29 is 14.6 Å². The van der Waals surface area contributed by atoms with Crippen molar-refractivity contribution in [1.82, 2.24) is 0 Å². The zero-order valence-corrected chi connectivity index (χ0v) is 10.8. The van der Waals surface area contributed by atoms with Crippen molar-refractivity contribution in [3.05, 3.63) is 24.3 Å². The topological polar surface area (TPSA) is 49.8 Å². The molecule has 1 aromatic carbocycles. The number of aliphatic hydroxyl groups is 1. The van der Waals surface area contributed by atoms with Gasteiger partial charge in [-0.1, -0.05) is 12.1 Å². The first kappa shape index (κ1) is 12.9. The van der Waals surface area contributed by atoms with Crippen LogP contribution in [0.25, 0.3) is 0 Å². The number of hydrogen-bond acceptors (Lipinski definition) is 3. The number of hydrogen-bond donors (Lipinski definition) is 1. The van der Waals surface area contributed by atoms with Crippen LogP contribution in [0.15, 0.2) is 24.3 Å². The van der Waals surface area contributed by atoms with Gasteiger partial charge in [0.1, 0.15) is 5.75 Å². The summed E-state index contributed by atoms with van der Waals surface area (Å²) in [5.74, 6) is 0.804. The third-order valence-electron chi connectivity index (χ3n) is 2.98. The summed E-state index contributed by atoms with van der Waals surface area (Å²) in [6, 6.07) is 7.54. The summed E-state index contributed by atoms with van der Waals surface area (Å²) in [6.07, 6.45) is 0.476. The van der Waals surface area contributed by atoms with Gasteiger partial charge in [-0.15, -0.1) is 0 Å². The molecular weight excluding hydrogens is 230 g/mol. The lowest BCUT2D eigenvalue weighted by Gasteiger charge is -2.21. The van der Waals surface area contributed by atoms with Crippen LogP contribution in [-0.2, 0) is 4.79 Å². The Balaban J connectivity index is 2.25. The summed E-state index contributed by atoms with van der Waals surface area (Å²) >= 11 is 0. The highest BCUT2D eigenvalue weighted by Crippen LogP contribution is 2.33. The largest absolute Gasteiger partial charge is 0.489 e. The fourth-order valence-corrected chi connectivity index (χ4v) is 2.17. The highest BCUT2D eigenvalue weighted by atomic mass is 16.5. The van der Waals surface area contributed by atoms with Crippen molar-refractivity contribution in [2.45, 2.75) is 26.4 Å². The highest BCUT2D eigenvalue weighted by Gasteiger charge is 2.31. The lowest BCUT2D eigenvalue weighted by Crippen LogP contribution is -2.26. The molecule has 1 unspecified atom stereocenters. The number of rotatable bonds is 4. The molecule has 4 nitrogen and oxygen atoms in total. The summed E-state index contributed by atoms with van der Waals surface area (Å²) in [6.45, 7) is 4.53. The van der Waals surface area contributed by atoms with Crippen LogP contribution in [0, 0.1) is 5.92 Å². The van der Waals surface area contributed by atoms with Gasteiger partial charge >= 0.3 is 0 Å². The van der Waals surface area contributed by atoms with Gasteiger partial charge < -0.3 is 14.7 Å². The molecule has 0 spiro atoms. The van der Waals surface area contributed by atoms with Crippen LogP contribution in [-0.4, -0.2) is 30.3 Å². The van der Waals surface area contributed by atoms with E-state index in [0.717, 1.165) is 11.4 Å². The van der Waals surface area contributed by atoms with Crippen molar-refractivity contribution >= 4 is 11.6 Å². The van der Waals surface area contributed by atoms with Gasteiger partial charge in [0.2, 0.25) is 5.91 Å². The minimum Gasteiger partial charge on any atom is -0.489 e. The first-order valence-corrected chi connectivity index (χ1v) is 6.28. The van der Waals surface area contributed by atoms with E-state index in [0.29, 0.717) is 13.0 Å². The van der Waals surface area contributed by atoms with E-state index in [1.165, 1.54) is 0 Å². The molecule has 1 aromatic rings. The quantitative estimate of drug-likeness (QED) is 0.885. The normalized spacial score (nSPS) is 19.7. The lowest BCUT2D eigenvalue weighted by atomic mass is 10.1. The van der Waals surface area contributed by atoms with Crippen molar-refractivity contribution in [2.75, 3.05) is 18.1 Å². The zero-order chi connectivity index (χ0) is 13.1. The maximum absolute atomic E-state index is 11.9. The number of para-hydroxylation sites is 2. The van der Waals surface area contributed by atoms with Crippen LogP contribution in [0.5, 0.6) is 5.75 Å². The van der Waals surface area contributed by atoms with E-state index in [9.17, 15) is 4.79 Å². The number of ether oxygens (including phenoxy) is 1. The SMILES string of the molecule is CC(C)Oc1ccccc1N1CC(CO)CC1=O. The molecule has 1 aliphatic heterocycles. The maximum Gasteiger partial charge on any atom is 0.227 e. The molecule has 1 aliphatic rings. The Kier molecular flexibility index (Phi) is 3.87. The van der Waals surface area contributed by atoms with Crippen molar-refractivity contribution in [3.8, 4) is 5.75 Å². The molecular formula is C14H19NO3. The molecule has 1 atom stereocenters. The van der Waals surface area contributed by atoms with Crippen LogP contribution >= 0.6 is 0 Å². The first-order valence-electron chi connectivity index (χ1n) is 6.28. The van der Waals surface area contributed by atoms with E-state index in [1.54, 1.807) is 4.90 Å². The second-order valence-electron chi connectivity index (χ2n) is 4.89. The number of carbonyl (C=O) groups is 1. The summed E-state index contributed by atoms with van der Waals surface area (Å²) < 4.78 is 5.72. The second-order valence-corrected chi connectivity index (χ2v) is 4.89. The number of aliphatic hydroxyl groups excluding tert-OH is 1. The molecule has 98 valence electrons. The van der Waals surface area contributed by atoms with Crippen molar-refractivity contribution in [3.63, 3.8) is 0 Å². The van der Waals surface area contributed by atoms with Gasteiger partial charge in [-0.3, -0.25) is 4.79 Å². The molecule has 0 aromatic heterocycles. The number of carbonyl (C=O) groups excluding carboxylic acids is 1. The standard InChI is InChI=1S/C14H19NO3/c1-10(2)18-13-6-4-3-5-12(13)15-8-11(9-16)7-14(15)17/h3-6,10-11,16H,7-9H2,1-2H3. The van der Waals surface area contributed by atoms with Crippen LogP contribution in [0.4, 0.5) is 5.69 Å². The molecule has 18 heavy (non-hydrogen) atoms. The predicted molar refractivity (Wildman–Crippen MR) is 69.8 cm³/mol. The van der Waals surface area contributed by atoms with Crippen molar-refractivity contribution in [2.24, 2.45) is 5.92 Å². The zero-order valence-electron chi connectivity index (χ0n) is 10.8. The van der Waals surface area contributed by atoms with Crippen LogP contribution in [0.3, 0.4) is 0 Å². The maximum atomic E-state index is 11.9. The van der Waals surface area contributed by atoms with Crippen LogP contribution < -0.4 is 9.64 Å². The highest BCUT2D eigenvalue weighted by molar-refractivity contribution is 5.97. The average molecular weight is 249 g/mol. The Hall–Kier alpha value is -1.55. The average Bonchev–Trinajstić information content (AvgIpc) is 2.70. The van der Waals surface area contributed by atoms with Gasteiger partial charge in [0.25, 0.3) is 0 Å². The van der Waals surface area contributed by atoms with E-state index in [1.807, 2.05) is 38.1 Å². The summed E-state index contributed by atoms with van der Waals surface area (Å²) in [5, 5.41) is 9.15. The Labute approximate surface area is 107 Å². The van der Waals surface area contributed by atoms with Gasteiger partial charge in [0.15, 0.2) is 0 Å². The Morgan fingerprint density at radius 2 is 2.17 bits per heavy atom. The van der Waals surface area contributed by atoms with Gasteiger partial charge in [-0.2, -0.15) is 0 Å². The molecule has 0 radical (unpaired) electrons. The fourth-order valence-electron chi connectivity index (χ4n) is 2.17. The third-order valence-corrected chi connectivity index (χ3v) is 2.98. The molecule has 1 saturated heterocycles. The summed E-state index contributed by atoms with van der Waals surface area (Å²) in [5.41, 5.74) is 0.798. The van der Waals surface area contributed by atoms with Crippen molar-refractivity contribution in [1.29, 1.82) is 0 Å². The minimum atomic E-state index is 0.0320. The van der Waals surface area contributed by atoms with E-state index in [4.69, 9.17) is 9.84 Å². The monoisotopic (exact) mass is 249 g/mol. The Morgan fingerprint density at radius 3 is 2.78 bits per heavy atom. The second kappa shape index (κ2) is 5.40. The minimum absolute atomic E-state index is 0.0320. The molecule has 0 aliphatic carbocycles. The molecule has 1 N–H and O–H groups in total. The molecule has 0 saturated carbocycles. The number of anilines is 1. The third kappa shape index (κ3) is 2.64. The Morgan fingerprint density at radius 1 is 1.44 bits per heavy atom. The lowest BCUT2D eigenvalue weighted by molar-refractivity contribution is -0.117. The van der Waals surface area contributed by atoms with Gasteiger partial charge in [0, 0.05) is 25.5 Å². The molecule has 1 heterocycles. The molecule has 1 amide bonds. The summed E-state index contributed by atoms with van der Waals surface area (Å²) in [7, 11) is 0. The molecule has 0 bridgehead atoms. The van der Waals surface area contributed by atoms with Gasteiger partial charge in [-0.25, -0.2) is 0 Å². The van der Waals surface area contributed by atoms with E-state index in [-0.39, 0.29) is 24.5 Å². The molecule has 1 fully saturated rings. The predicted octanol–water partition coefficient (Wildman–Crippen LogP) is 1.82. The van der Waals surface area contributed by atoms with E-state index < -0.39 is 0 Å². The number of nitrogens with zero attached hydrogens (tertiary/aromatic N) is 1. The summed E-state index contributed by atoms with van der Waals surface area (Å²) in [4.78, 5) is 13.6. The number of benzene rings is 1.